The Bertz CT molecular complexity index is 1100. The van der Waals surface area contributed by atoms with Crippen molar-refractivity contribution in [3.8, 4) is 22.3 Å². The van der Waals surface area contributed by atoms with Crippen LogP contribution in [0.15, 0.2) is 48.5 Å². The van der Waals surface area contributed by atoms with E-state index in [0.29, 0.717) is 11.1 Å². The van der Waals surface area contributed by atoms with E-state index in [1.54, 1.807) is 30.3 Å². The van der Waals surface area contributed by atoms with Gasteiger partial charge < -0.3 is 9.47 Å². The Morgan fingerprint density at radius 2 is 1.25 bits per heavy atom. The van der Waals surface area contributed by atoms with Crippen LogP contribution in [0.25, 0.3) is 22.3 Å². The monoisotopic (exact) mass is 444 g/mol. The maximum atomic E-state index is 14.9. The van der Waals surface area contributed by atoms with Crippen molar-refractivity contribution in [2.75, 3.05) is 13.2 Å². The summed E-state index contributed by atoms with van der Waals surface area (Å²) in [6.07, 6.45) is 1.38. The fourth-order valence-electron chi connectivity index (χ4n) is 3.93. The molecule has 4 rings (SSSR count). The molecule has 0 amide bonds. The van der Waals surface area contributed by atoms with Crippen LogP contribution in [-0.2, 0) is 9.47 Å². The van der Waals surface area contributed by atoms with Crippen molar-refractivity contribution in [3.63, 3.8) is 0 Å². The van der Waals surface area contributed by atoms with Gasteiger partial charge in [0.2, 0.25) is 0 Å². The zero-order chi connectivity index (χ0) is 22.8. The predicted molar refractivity (Wildman–Crippen MR) is 115 cm³/mol. The van der Waals surface area contributed by atoms with Crippen molar-refractivity contribution in [1.82, 2.24) is 0 Å². The van der Waals surface area contributed by atoms with Gasteiger partial charge in [-0.15, -0.1) is 0 Å². The first-order valence-electron chi connectivity index (χ1n) is 10.7. The topological polar surface area (TPSA) is 18.5 Å². The summed E-state index contributed by atoms with van der Waals surface area (Å²) in [6, 6.07) is 12.3. The number of benzene rings is 3. The highest BCUT2D eigenvalue weighted by Gasteiger charge is 2.27. The van der Waals surface area contributed by atoms with Crippen molar-refractivity contribution >= 4 is 0 Å². The Morgan fingerprint density at radius 3 is 1.81 bits per heavy atom. The highest BCUT2D eigenvalue weighted by molar-refractivity contribution is 5.71. The van der Waals surface area contributed by atoms with Crippen molar-refractivity contribution in [2.45, 2.75) is 38.9 Å². The lowest BCUT2D eigenvalue weighted by Crippen LogP contribution is -2.31. The summed E-state index contributed by atoms with van der Waals surface area (Å²) in [7, 11) is 0. The van der Waals surface area contributed by atoms with Gasteiger partial charge in [0.25, 0.3) is 0 Å². The molecule has 1 saturated heterocycles. The predicted octanol–water partition coefficient (Wildman–Crippen LogP) is 7.14. The van der Waals surface area contributed by atoms with Gasteiger partial charge in [-0.05, 0) is 35.6 Å². The van der Waals surface area contributed by atoms with Gasteiger partial charge in [-0.3, -0.25) is 0 Å². The van der Waals surface area contributed by atoms with Crippen LogP contribution in [0.3, 0.4) is 0 Å². The molecule has 0 radical (unpaired) electrons. The van der Waals surface area contributed by atoms with E-state index >= 15 is 0 Å². The van der Waals surface area contributed by atoms with Gasteiger partial charge in [-0.25, -0.2) is 17.6 Å². The Kier molecular flexibility index (Phi) is 6.63. The van der Waals surface area contributed by atoms with E-state index in [-0.39, 0.29) is 47.7 Å². The summed E-state index contributed by atoms with van der Waals surface area (Å²) in [5.41, 5.74) is 1.52. The zero-order valence-corrected chi connectivity index (χ0v) is 17.9. The molecule has 0 spiro atoms. The molecular formula is C26H24F4O2. The average molecular weight is 444 g/mol. The third-order valence-electron chi connectivity index (χ3n) is 5.83. The number of halogens is 4. The van der Waals surface area contributed by atoms with E-state index < -0.39 is 23.3 Å². The summed E-state index contributed by atoms with van der Waals surface area (Å²) in [5.74, 6) is -4.10. The Hall–Kier alpha value is -2.70. The van der Waals surface area contributed by atoms with E-state index in [2.05, 4.69) is 0 Å². The van der Waals surface area contributed by atoms with Gasteiger partial charge in [0.05, 0.1) is 13.2 Å². The number of ether oxygens (including phenoxy) is 2. The van der Waals surface area contributed by atoms with Crippen LogP contribution < -0.4 is 0 Å². The highest BCUT2D eigenvalue weighted by atomic mass is 19.2. The summed E-state index contributed by atoms with van der Waals surface area (Å²) >= 11 is 0. The van der Waals surface area contributed by atoms with Crippen LogP contribution in [0, 0.1) is 30.2 Å². The van der Waals surface area contributed by atoms with Crippen molar-refractivity contribution in [3.05, 3.63) is 82.9 Å². The molecule has 3 aromatic carbocycles. The fourth-order valence-corrected chi connectivity index (χ4v) is 3.93. The van der Waals surface area contributed by atoms with Gasteiger partial charge in [0.15, 0.2) is 29.6 Å². The van der Waals surface area contributed by atoms with Crippen molar-refractivity contribution < 1.29 is 27.0 Å². The molecule has 1 aliphatic heterocycles. The second kappa shape index (κ2) is 9.43. The van der Waals surface area contributed by atoms with Crippen LogP contribution in [0.1, 0.15) is 36.8 Å². The maximum absolute atomic E-state index is 14.9. The molecule has 1 fully saturated rings. The Balaban J connectivity index is 1.57. The number of aryl methyl sites for hydroxylation is 1. The molecule has 0 atom stereocenters. The van der Waals surface area contributed by atoms with Gasteiger partial charge >= 0.3 is 0 Å². The first-order chi connectivity index (χ1) is 15.4. The smallest absolute Gasteiger partial charge is 0.166 e. The second-order valence-corrected chi connectivity index (χ2v) is 8.05. The van der Waals surface area contributed by atoms with E-state index in [1.165, 1.54) is 25.1 Å². The minimum absolute atomic E-state index is 0.0925. The zero-order valence-electron chi connectivity index (χ0n) is 17.9. The Morgan fingerprint density at radius 1 is 0.719 bits per heavy atom. The van der Waals surface area contributed by atoms with E-state index in [9.17, 15) is 17.6 Å². The molecular weight excluding hydrogens is 420 g/mol. The molecule has 0 N–H and O–H groups in total. The highest BCUT2D eigenvalue weighted by Crippen LogP contribution is 2.33. The standard InChI is InChI=1S/C26H24F4O2/c1-3-4-22-31-13-18(14-32-22)21-12-11-20(25(29)26(21)30)17-8-6-16(7-9-17)19-10-5-15(2)23(27)24(19)28/h5-12,18,22H,3-4,13-14H2,1-2H3. The van der Waals surface area contributed by atoms with Gasteiger partial charge in [-0.2, -0.15) is 0 Å². The molecule has 32 heavy (non-hydrogen) atoms. The van der Waals surface area contributed by atoms with E-state index in [1.807, 2.05) is 6.92 Å². The number of rotatable bonds is 5. The number of hydrogen-bond donors (Lipinski definition) is 0. The van der Waals surface area contributed by atoms with Crippen LogP contribution in [-0.4, -0.2) is 19.5 Å². The molecule has 168 valence electrons. The summed E-state index contributed by atoms with van der Waals surface area (Å²) in [6.45, 7) is 4.05. The van der Waals surface area contributed by atoms with Crippen LogP contribution in [0.2, 0.25) is 0 Å². The molecule has 3 aromatic rings. The quantitative estimate of drug-likeness (QED) is 0.389. The first-order valence-corrected chi connectivity index (χ1v) is 10.7. The third-order valence-corrected chi connectivity index (χ3v) is 5.83. The Labute approximate surface area is 184 Å². The molecule has 2 nitrogen and oxygen atoms in total. The lowest BCUT2D eigenvalue weighted by molar-refractivity contribution is -0.190. The summed E-state index contributed by atoms with van der Waals surface area (Å²) < 4.78 is 69.2. The SMILES string of the molecule is CCCC1OCC(c2ccc(-c3ccc(-c4ccc(C)c(F)c4F)cc3)c(F)c2F)CO1. The molecule has 0 unspecified atom stereocenters. The van der Waals surface area contributed by atoms with E-state index in [4.69, 9.17) is 9.47 Å². The first kappa shape index (κ1) is 22.5. The molecule has 1 aliphatic rings. The van der Waals surface area contributed by atoms with Gasteiger partial charge in [0.1, 0.15) is 0 Å². The maximum Gasteiger partial charge on any atom is 0.166 e. The lowest BCUT2D eigenvalue weighted by atomic mass is 9.94. The molecule has 1 heterocycles. The van der Waals surface area contributed by atoms with Gasteiger partial charge in [0, 0.05) is 17.0 Å². The van der Waals surface area contributed by atoms with Crippen LogP contribution >= 0.6 is 0 Å². The molecule has 0 aromatic heterocycles. The van der Waals surface area contributed by atoms with Crippen molar-refractivity contribution in [1.29, 1.82) is 0 Å². The normalized spacial score (nSPS) is 18.7. The lowest BCUT2D eigenvalue weighted by Gasteiger charge is -2.29. The second-order valence-electron chi connectivity index (χ2n) is 8.05. The summed E-state index contributed by atoms with van der Waals surface area (Å²) in [5, 5.41) is 0. The van der Waals surface area contributed by atoms with Crippen LogP contribution in [0.4, 0.5) is 17.6 Å². The van der Waals surface area contributed by atoms with Gasteiger partial charge in [-0.1, -0.05) is 61.9 Å². The summed E-state index contributed by atoms with van der Waals surface area (Å²) in [4.78, 5) is 0. The molecule has 0 bridgehead atoms. The van der Waals surface area contributed by atoms with Crippen molar-refractivity contribution in [2.24, 2.45) is 0 Å². The minimum Gasteiger partial charge on any atom is -0.352 e. The average Bonchev–Trinajstić information content (AvgIpc) is 2.81. The fraction of sp³-hybridized carbons (Fsp3) is 0.308. The minimum atomic E-state index is -0.960. The molecule has 6 heteroatoms. The van der Waals surface area contributed by atoms with Crippen LogP contribution in [0.5, 0.6) is 0 Å². The molecule has 0 aliphatic carbocycles. The van der Waals surface area contributed by atoms with E-state index in [0.717, 1.165) is 12.8 Å². The number of hydrogen-bond acceptors (Lipinski definition) is 2. The molecule has 0 saturated carbocycles. The third kappa shape index (κ3) is 4.30. The largest absolute Gasteiger partial charge is 0.352 e.